The van der Waals surface area contributed by atoms with Crippen LogP contribution in [-0.4, -0.2) is 21.4 Å². The number of nitrogens with zero attached hydrogens (tertiary/aromatic N) is 2. The first kappa shape index (κ1) is 18.0. The molecule has 0 spiro atoms. The van der Waals surface area contributed by atoms with E-state index in [1.54, 1.807) is 18.2 Å². The number of amides is 2. The quantitative estimate of drug-likeness (QED) is 0.540. The van der Waals surface area contributed by atoms with E-state index in [-0.39, 0.29) is 17.6 Å². The third-order valence-corrected chi connectivity index (χ3v) is 5.54. The molecular formula is C20H18N4O3S. The first-order valence-electron chi connectivity index (χ1n) is 8.67. The maximum absolute atomic E-state index is 12.6. The number of aryl methyl sites for hydroxylation is 2. The minimum Gasteiger partial charge on any atom is -0.459 e. The van der Waals surface area contributed by atoms with Gasteiger partial charge in [0.2, 0.25) is 0 Å². The monoisotopic (exact) mass is 394 g/mol. The highest BCUT2D eigenvalue weighted by atomic mass is 32.1. The maximum Gasteiger partial charge on any atom is 0.291 e. The Hall–Kier alpha value is -3.39. The minimum absolute atomic E-state index is 0.201. The molecule has 8 heteroatoms. The third-order valence-electron chi connectivity index (χ3n) is 4.39. The van der Waals surface area contributed by atoms with Gasteiger partial charge in [-0.05, 0) is 42.8 Å². The van der Waals surface area contributed by atoms with E-state index in [9.17, 15) is 9.59 Å². The van der Waals surface area contributed by atoms with Crippen LogP contribution in [0.3, 0.4) is 0 Å². The predicted molar refractivity (Wildman–Crippen MR) is 108 cm³/mol. The number of carbonyl (C=O) groups excluding carboxylic acids is 2. The fraction of sp³-hybridized carbons (Fsp3) is 0.150. The number of furan rings is 1. The van der Waals surface area contributed by atoms with Crippen LogP contribution >= 0.6 is 11.3 Å². The average Bonchev–Trinajstić information content (AvgIpc) is 3.40. The summed E-state index contributed by atoms with van der Waals surface area (Å²) in [6, 6.07) is 12.8. The van der Waals surface area contributed by atoms with Crippen molar-refractivity contribution >= 4 is 39.2 Å². The number of rotatable bonds is 5. The second-order valence-electron chi connectivity index (χ2n) is 6.31. The maximum atomic E-state index is 12.6. The van der Waals surface area contributed by atoms with Crippen LogP contribution in [0.5, 0.6) is 0 Å². The van der Waals surface area contributed by atoms with Gasteiger partial charge in [0.15, 0.2) is 5.76 Å². The van der Waals surface area contributed by atoms with Crippen LogP contribution in [0.25, 0.3) is 11.0 Å². The number of anilines is 1. The van der Waals surface area contributed by atoms with E-state index in [2.05, 4.69) is 15.6 Å². The normalized spacial score (nSPS) is 10.9. The molecule has 4 rings (SSSR count). The van der Waals surface area contributed by atoms with E-state index < -0.39 is 0 Å². The number of carbonyl (C=O) groups is 2. The zero-order chi connectivity index (χ0) is 19.7. The minimum atomic E-state index is -0.349. The summed E-state index contributed by atoms with van der Waals surface area (Å²) >= 11 is 1.22. The number of hydrogen-bond donors (Lipinski definition) is 2. The molecule has 1 aromatic carbocycles. The van der Waals surface area contributed by atoms with Gasteiger partial charge < -0.3 is 19.6 Å². The summed E-state index contributed by atoms with van der Waals surface area (Å²) in [5, 5.41) is 6.25. The lowest BCUT2D eigenvalue weighted by atomic mass is 10.2. The van der Waals surface area contributed by atoms with Gasteiger partial charge in [-0.25, -0.2) is 4.98 Å². The highest BCUT2D eigenvalue weighted by Crippen LogP contribution is 2.27. The van der Waals surface area contributed by atoms with Crippen molar-refractivity contribution in [3.8, 4) is 0 Å². The average molecular weight is 394 g/mol. The van der Waals surface area contributed by atoms with Crippen molar-refractivity contribution in [3.63, 3.8) is 0 Å². The molecule has 2 N–H and O–H groups in total. The topological polar surface area (TPSA) is 89.2 Å². The molecule has 3 heterocycles. The molecule has 7 nitrogen and oxygen atoms in total. The van der Waals surface area contributed by atoms with Gasteiger partial charge in [-0.2, -0.15) is 0 Å². The van der Waals surface area contributed by atoms with Crippen LogP contribution < -0.4 is 10.6 Å². The summed E-state index contributed by atoms with van der Waals surface area (Å²) in [5.41, 5.74) is 2.70. The molecule has 0 radical (unpaired) electrons. The van der Waals surface area contributed by atoms with Crippen LogP contribution in [0.15, 0.2) is 53.1 Å². The SMILES string of the molecule is Cc1cc(NC(=O)c2ccco2)sc1C(=O)NCc1nc2ccccc2n1C. The molecule has 0 aliphatic heterocycles. The van der Waals surface area contributed by atoms with E-state index in [1.807, 2.05) is 42.8 Å². The Bertz CT molecular complexity index is 1160. The second kappa shape index (κ2) is 7.32. The molecule has 0 bridgehead atoms. The van der Waals surface area contributed by atoms with Gasteiger partial charge in [-0.15, -0.1) is 11.3 Å². The Kier molecular flexibility index (Phi) is 4.70. The molecule has 0 atom stereocenters. The lowest BCUT2D eigenvalue weighted by Crippen LogP contribution is -2.24. The fourth-order valence-electron chi connectivity index (χ4n) is 2.94. The molecule has 0 fully saturated rings. The van der Waals surface area contributed by atoms with Gasteiger partial charge >= 0.3 is 0 Å². The van der Waals surface area contributed by atoms with Crippen molar-refractivity contribution in [1.82, 2.24) is 14.9 Å². The van der Waals surface area contributed by atoms with Crippen molar-refractivity contribution in [2.75, 3.05) is 5.32 Å². The highest BCUT2D eigenvalue weighted by Gasteiger charge is 2.17. The zero-order valence-electron chi connectivity index (χ0n) is 15.4. The Labute approximate surface area is 165 Å². The molecule has 0 saturated heterocycles. The third kappa shape index (κ3) is 3.41. The number of aromatic nitrogens is 2. The molecule has 0 aliphatic carbocycles. The number of thiophene rings is 1. The largest absolute Gasteiger partial charge is 0.459 e. The smallest absolute Gasteiger partial charge is 0.291 e. The molecule has 0 aliphatic rings. The first-order chi connectivity index (χ1) is 13.5. The first-order valence-corrected chi connectivity index (χ1v) is 9.48. The fourth-order valence-corrected chi connectivity index (χ4v) is 3.93. The summed E-state index contributed by atoms with van der Waals surface area (Å²) in [5.74, 6) is 0.444. The molecule has 4 aromatic rings. The van der Waals surface area contributed by atoms with E-state index in [0.29, 0.717) is 16.4 Å². The number of nitrogens with one attached hydrogen (secondary N) is 2. The van der Waals surface area contributed by atoms with Crippen LogP contribution in [0.2, 0.25) is 0 Å². The number of imidazole rings is 1. The molecular weight excluding hydrogens is 376 g/mol. The van der Waals surface area contributed by atoms with Gasteiger partial charge in [-0.1, -0.05) is 12.1 Å². The Morgan fingerprint density at radius 2 is 2.00 bits per heavy atom. The van der Waals surface area contributed by atoms with Crippen molar-refractivity contribution in [3.05, 3.63) is 70.8 Å². The van der Waals surface area contributed by atoms with E-state index in [1.165, 1.54) is 17.6 Å². The lowest BCUT2D eigenvalue weighted by Gasteiger charge is -2.05. The lowest BCUT2D eigenvalue weighted by molar-refractivity contribution is 0.0951. The predicted octanol–water partition coefficient (Wildman–Crippen LogP) is 3.72. The number of benzene rings is 1. The Morgan fingerprint density at radius 3 is 2.75 bits per heavy atom. The van der Waals surface area contributed by atoms with Crippen LogP contribution in [0, 0.1) is 6.92 Å². The number of hydrogen-bond acceptors (Lipinski definition) is 5. The van der Waals surface area contributed by atoms with Gasteiger partial charge in [0.05, 0.1) is 33.7 Å². The van der Waals surface area contributed by atoms with E-state index in [4.69, 9.17) is 4.42 Å². The van der Waals surface area contributed by atoms with Crippen LogP contribution in [-0.2, 0) is 13.6 Å². The van der Waals surface area contributed by atoms with Gasteiger partial charge in [0.1, 0.15) is 5.82 Å². The molecule has 3 aromatic heterocycles. The number of para-hydroxylation sites is 2. The molecule has 0 unspecified atom stereocenters. The zero-order valence-corrected chi connectivity index (χ0v) is 16.2. The van der Waals surface area contributed by atoms with Crippen molar-refractivity contribution in [2.45, 2.75) is 13.5 Å². The summed E-state index contributed by atoms with van der Waals surface area (Å²) in [7, 11) is 1.93. The van der Waals surface area contributed by atoms with Crippen molar-refractivity contribution in [2.24, 2.45) is 7.05 Å². The van der Waals surface area contributed by atoms with Gasteiger partial charge in [-0.3, -0.25) is 9.59 Å². The summed E-state index contributed by atoms with van der Waals surface area (Å²) in [4.78, 5) is 29.8. The van der Waals surface area contributed by atoms with E-state index >= 15 is 0 Å². The summed E-state index contributed by atoms with van der Waals surface area (Å²) < 4.78 is 7.04. The Morgan fingerprint density at radius 1 is 1.18 bits per heavy atom. The van der Waals surface area contributed by atoms with Crippen molar-refractivity contribution < 1.29 is 14.0 Å². The Balaban J connectivity index is 1.45. The number of fused-ring (bicyclic) bond motifs is 1. The van der Waals surface area contributed by atoms with Crippen LogP contribution in [0.1, 0.15) is 31.6 Å². The van der Waals surface area contributed by atoms with E-state index in [0.717, 1.165) is 22.4 Å². The molecule has 0 saturated carbocycles. The summed E-state index contributed by atoms with van der Waals surface area (Å²) in [6.07, 6.45) is 1.44. The summed E-state index contributed by atoms with van der Waals surface area (Å²) in [6.45, 7) is 2.15. The van der Waals surface area contributed by atoms with Gasteiger partial charge in [0, 0.05) is 7.05 Å². The highest BCUT2D eigenvalue weighted by molar-refractivity contribution is 7.18. The standard InChI is InChI=1S/C20H18N4O3S/c1-12-10-17(23-19(25)15-8-5-9-27-15)28-18(12)20(26)21-11-16-22-13-6-3-4-7-14(13)24(16)2/h3-10H,11H2,1-2H3,(H,21,26)(H,23,25). The molecule has 28 heavy (non-hydrogen) atoms. The molecule has 142 valence electrons. The molecule has 2 amide bonds. The van der Waals surface area contributed by atoms with Crippen molar-refractivity contribution in [1.29, 1.82) is 0 Å². The van der Waals surface area contributed by atoms with Crippen LogP contribution in [0.4, 0.5) is 5.00 Å². The second-order valence-corrected chi connectivity index (χ2v) is 7.36. The van der Waals surface area contributed by atoms with Gasteiger partial charge in [0.25, 0.3) is 11.8 Å².